The first-order valence-corrected chi connectivity index (χ1v) is 15.8. The second kappa shape index (κ2) is 13.1. The normalized spacial score (nSPS) is 16.9. The number of thioether (sulfide) groups is 1. The van der Waals surface area contributed by atoms with E-state index in [0.717, 1.165) is 61.3 Å². The van der Waals surface area contributed by atoms with Crippen LogP contribution in [-0.4, -0.2) is 32.8 Å². The Balaban J connectivity index is 1.49. The fourth-order valence-corrected chi connectivity index (χ4v) is 7.09. The molecule has 0 spiro atoms. The van der Waals surface area contributed by atoms with Crippen LogP contribution in [0.2, 0.25) is 0 Å². The third kappa shape index (κ3) is 6.23. The summed E-state index contributed by atoms with van der Waals surface area (Å²) in [5.74, 6) is 1.22. The highest BCUT2D eigenvalue weighted by Crippen LogP contribution is 2.37. The van der Waals surface area contributed by atoms with Crippen LogP contribution in [0, 0.1) is 31.1 Å². The van der Waals surface area contributed by atoms with Gasteiger partial charge in [0.2, 0.25) is 0 Å². The molecule has 0 radical (unpaired) electrons. The first-order chi connectivity index (χ1) is 20.3. The number of nitrogens with zero attached hydrogens (tertiary/aromatic N) is 4. The number of aromatic nitrogens is 1. The highest BCUT2D eigenvalue weighted by molar-refractivity contribution is 8.26. The van der Waals surface area contributed by atoms with E-state index in [4.69, 9.17) is 12.2 Å². The average Bonchev–Trinajstić information content (AvgIpc) is 3.25. The summed E-state index contributed by atoms with van der Waals surface area (Å²) in [4.78, 5) is 31.6. The van der Waals surface area contributed by atoms with E-state index in [-0.39, 0.29) is 17.0 Å². The molecule has 6 nitrogen and oxygen atoms in total. The van der Waals surface area contributed by atoms with Crippen molar-refractivity contribution in [3.63, 3.8) is 0 Å². The zero-order valence-electron chi connectivity index (χ0n) is 24.4. The zero-order chi connectivity index (χ0) is 29.8. The van der Waals surface area contributed by atoms with E-state index < -0.39 is 0 Å². The number of carbonyl (C=O) groups excluding carboxylic acids is 1. The molecule has 0 bridgehead atoms. The minimum absolute atomic E-state index is 0.132. The molecule has 42 heavy (non-hydrogen) atoms. The molecule has 216 valence electrons. The van der Waals surface area contributed by atoms with Crippen molar-refractivity contribution < 1.29 is 4.79 Å². The summed E-state index contributed by atoms with van der Waals surface area (Å²) >= 11 is 6.92. The molecule has 0 atom stereocenters. The van der Waals surface area contributed by atoms with Crippen molar-refractivity contribution in [3.8, 4) is 6.07 Å². The van der Waals surface area contributed by atoms with Gasteiger partial charge in [0.15, 0.2) is 0 Å². The number of aryl methyl sites for hydroxylation is 1. The third-order valence-electron chi connectivity index (χ3n) is 8.19. The Kier molecular flexibility index (Phi) is 9.30. The molecule has 5 rings (SSSR count). The number of nitriles is 1. The summed E-state index contributed by atoms with van der Waals surface area (Å²) in [6, 6.07) is 20.8. The second-order valence-corrected chi connectivity index (χ2v) is 12.9. The van der Waals surface area contributed by atoms with E-state index in [2.05, 4.69) is 35.2 Å². The van der Waals surface area contributed by atoms with Gasteiger partial charge in [0.25, 0.3) is 11.5 Å². The number of benzene rings is 2. The number of piperidine rings is 1. The van der Waals surface area contributed by atoms with Crippen LogP contribution >= 0.6 is 24.0 Å². The fraction of sp³-hybridized carbons (Fsp3) is 0.353. The number of anilines is 1. The molecule has 2 aliphatic rings. The molecular formula is C34H36N4O2S2. The number of hydrogen-bond acceptors (Lipinski definition) is 6. The van der Waals surface area contributed by atoms with Gasteiger partial charge in [0, 0.05) is 25.2 Å². The lowest BCUT2D eigenvalue weighted by Gasteiger charge is -2.36. The zero-order valence-corrected chi connectivity index (χ0v) is 26.1. The molecule has 2 aromatic carbocycles. The number of hydrogen-bond donors (Lipinski definition) is 0. The largest absolute Gasteiger partial charge is 0.357 e. The van der Waals surface area contributed by atoms with E-state index in [1.54, 1.807) is 9.47 Å². The Morgan fingerprint density at radius 1 is 1.02 bits per heavy atom. The predicted molar refractivity (Wildman–Crippen MR) is 175 cm³/mol. The molecule has 1 aromatic heterocycles. The molecule has 0 aliphatic carbocycles. The van der Waals surface area contributed by atoms with E-state index in [1.807, 2.05) is 57.2 Å². The van der Waals surface area contributed by atoms with Gasteiger partial charge in [-0.2, -0.15) is 5.26 Å². The van der Waals surface area contributed by atoms with Crippen LogP contribution in [0.25, 0.3) is 6.08 Å². The van der Waals surface area contributed by atoms with E-state index >= 15 is 0 Å². The molecule has 3 heterocycles. The monoisotopic (exact) mass is 596 g/mol. The van der Waals surface area contributed by atoms with Crippen LogP contribution in [0.1, 0.15) is 59.6 Å². The first kappa shape index (κ1) is 29.8. The number of carbonyl (C=O) groups is 1. The molecule has 8 heteroatoms. The van der Waals surface area contributed by atoms with E-state index in [1.165, 1.54) is 17.3 Å². The molecule has 1 amide bonds. The van der Waals surface area contributed by atoms with Crippen LogP contribution in [0.4, 0.5) is 5.82 Å². The summed E-state index contributed by atoms with van der Waals surface area (Å²) in [5.41, 5.74) is 4.76. The van der Waals surface area contributed by atoms with Gasteiger partial charge < -0.3 is 4.90 Å². The number of thiocarbonyl (C=S) groups is 1. The summed E-state index contributed by atoms with van der Waals surface area (Å²) in [7, 11) is 0. The molecular weight excluding hydrogens is 561 g/mol. The first-order valence-electron chi connectivity index (χ1n) is 14.6. The molecule has 3 aromatic rings. The van der Waals surface area contributed by atoms with Crippen molar-refractivity contribution in [3.05, 3.63) is 103 Å². The molecule has 0 saturated carbocycles. The minimum atomic E-state index is -0.262. The maximum Gasteiger partial charge on any atom is 0.270 e. The second-order valence-electron chi connectivity index (χ2n) is 11.2. The standard InChI is InChI=1S/C34H36N4O2S2/c1-4-16-37-31(36-17-14-26(15-18-36)19-25-8-6-5-7-9-25)28(24(3)29(21-35)32(37)39)20-30-33(40)38(34(41)42-30)22-27-12-10-23(2)11-13-27/h5-13,20,26H,4,14-19,22H2,1-3H3. The van der Waals surface area contributed by atoms with Gasteiger partial charge in [0.1, 0.15) is 21.8 Å². The fourth-order valence-electron chi connectivity index (χ4n) is 5.86. The average molecular weight is 597 g/mol. The van der Waals surface area contributed by atoms with Crippen LogP contribution in [0.15, 0.2) is 64.3 Å². The van der Waals surface area contributed by atoms with Crippen molar-refractivity contribution in [1.82, 2.24) is 9.47 Å². The number of pyridine rings is 1. The number of rotatable bonds is 8. The van der Waals surface area contributed by atoms with E-state index in [9.17, 15) is 14.9 Å². The summed E-state index contributed by atoms with van der Waals surface area (Å²) in [6.45, 7) is 8.41. The quantitative estimate of drug-likeness (QED) is 0.215. The Morgan fingerprint density at radius 3 is 2.36 bits per heavy atom. The van der Waals surface area contributed by atoms with Gasteiger partial charge in [0.05, 0.1) is 11.4 Å². The van der Waals surface area contributed by atoms with Crippen molar-refractivity contribution in [2.75, 3.05) is 18.0 Å². The highest BCUT2D eigenvalue weighted by atomic mass is 32.2. The highest BCUT2D eigenvalue weighted by Gasteiger charge is 2.34. The van der Waals surface area contributed by atoms with Crippen LogP contribution in [0.3, 0.4) is 0 Å². The molecule has 2 saturated heterocycles. The van der Waals surface area contributed by atoms with Crippen molar-refractivity contribution >= 4 is 46.1 Å². The van der Waals surface area contributed by atoms with Gasteiger partial charge in [-0.25, -0.2) is 0 Å². The van der Waals surface area contributed by atoms with Crippen molar-refractivity contribution in [2.24, 2.45) is 5.92 Å². The summed E-state index contributed by atoms with van der Waals surface area (Å²) < 4.78 is 2.26. The van der Waals surface area contributed by atoms with Gasteiger partial charge >= 0.3 is 0 Å². The smallest absolute Gasteiger partial charge is 0.270 e. The SMILES string of the molecule is CCCn1c(N2CCC(Cc3ccccc3)CC2)c(C=C2SC(=S)N(Cc3ccc(C)cc3)C2=O)c(C)c(C#N)c1=O. The van der Waals surface area contributed by atoms with E-state index in [0.29, 0.717) is 33.8 Å². The molecule has 2 fully saturated rings. The van der Waals surface area contributed by atoms with Gasteiger partial charge in [-0.05, 0) is 68.2 Å². The van der Waals surface area contributed by atoms with Crippen molar-refractivity contribution in [1.29, 1.82) is 5.26 Å². The third-order valence-corrected chi connectivity index (χ3v) is 9.56. The maximum absolute atomic E-state index is 13.6. The molecule has 2 aliphatic heterocycles. The Hall–Kier alpha value is -3.67. The van der Waals surface area contributed by atoms with Crippen LogP contribution in [0.5, 0.6) is 0 Å². The molecule has 0 unspecified atom stereocenters. The lowest BCUT2D eigenvalue weighted by molar-refractivity contribution is -0.122. The van der Waals surface area contributed by atoms with Gasteiger partial charge in [-0.1, -0.05) is 91.1 Å². The van der Waals surface area contributed by atoms with Crippen LogP contribution < -0.4 is 10.5 Å². The number of amides is 1. The Labute approximate surface area is 257 Å². The molecule has 0 N–H and O–H groups in total. The van der Waals surface area contributed by atoms with Crippen molar-refractivity contribution in [2.45, 2.75) is 59.5 Å². The Bertz CT molecular complexity index is 1610. The minimum Gasteiger partial charge on any atom is -0.357 e. The predicted octanol–water partition coefficient (Wildman–Crippen LogP) is 6.61. The maximum atomic E-state index is 13.6. The van der Waals surface area contributed by atoms with Gasteiger partial charge in [-0.15, -0.1) is 0 Å². The topological polar surface area (TPSA) is 69.3 Å². The van der Waals surface area contributed by atoms with Gasteiger partial charge in [-0.3, -0.25) is 19.1 Å². The lowest BCUT2D eigenvalue weighted by atomic mass is 9.90. The lowest BCUT2D eigenvalue weighted by Crippen LogP contribution is -2.40. The summed E-state index contributed by atoms with van der Waals surface area (Å²) in [6.07, 6.45) is 5.67. The van der Waals surface area contributed by atoms with Crippen LogP contribution in [-0.2, 0) is 24.3 Å². The summed E-state index contributed by atoms with van der Waals surface area (Å²) in [5, 5.41) is 9.97. The Morgan fingerprint density at radius 2 is 1.71 bits per heavy atom.